The first-order chi connectivity index (χ1) is 13.4. The summed E-state index contributed by atoms with van der Waals surface area (Å²) < 4.78 is 0. The van der Waals surface area contributed by atoms with E-state index in [1.165, 1.54) is 16.8 Å². The number of hydrogen-bond donors (Lipinski definition) is 1. The van der Waals surface area contributed by atoms with E-state index < -0.39 is 0 Å². The summed E-state index contributed by atoms with van der Waals surface area (Å²) in [5, 5.41) is 15.1. The van der Waals surface area contributed by atoms with Crippen LogP contribution in [-0.2, 0) is 0 Å². The van der Waals surface area contributed by atoms with E-state index in [-0.39, 0.29) is 6.04 Å². The molecule has 0 spiro atoms. The van der Waals surface area contributed by atoms with Gasteiger partial charge < -0.3 is 4.90 Å². The molecule has 5 rings (SSSR count). The molecule has 0 fully saturated rings. The molecule has 132 valence electrons. The minimum atomic E-state index is -0.0835. The number of para-hydroxylation sites is 1. The van der Waals surface area contributed by atoms with Gasteiger partial charge in [-0.3, -0.25) is 0 Å². The number of hydrogen-bond acceptors (Lipinski definition) is 4. The second-order valence-corrected chi connectivity index (χ2v) is 6.76. The van der Waals surface area contributed by atoms with Crippen LogP contribution in [0.5, 0.6) is 0 Å². The van der Waals surface area contributed by atoms with E-state index >= 15 is 0 Å². The van der Waals surface area contributed by atoms with Gasteiger partial charge in [0.2, 0.25) is 5.82 Å². The molecule has 0 saturated heterocycles. The van der Waals surface area contributed by atoms with Crippen LogP contribution in [0.1, 0.15) is 34.5 Å². The largest absolute Gasteiger partial charge is 0.356 e. The molecule has 0 saturated carbocycles. The summed E-state index contributed by atoms with van der Waals surface area (Å²) in [6.45, 7) is 0.872. The number of fused-ring (bicyclic) bond motifs is 1. The maximum absolute atomic E-state index is 4.32. The van der Waals surface area contributed by atoms with Crippen LogP contribution in [0.3, 0.4) is 0 Å². The average Bonchev–Trinajstić information content (AvgIpc) is 3.39. The van der Waals surface area contributed by atoms with Gasteiger partial charge in [0.15, 0.2) is 0 Å². The van der Waals surface area contributed by atoms with Gasteiger partial charge >= 0.3 is 0 Å². The van der Waals surface area contributed by atoms with Crippen molar-refractivity contribution in [3.8, 4) is 0 Å². The number of benzene rings is 3. The van der Waals surface area contributed by atoms with Crippen molar-refractivity contribution in [3.63, 3.8) is 0 Å². The quantitative estimate of drug-likeness (QED) is 0.604. The smallest absolute Gasteiger partial charge is 0.201 e. The zero-order valence-corrected chi connectivity index (χ0v) is 14.7. The number of anilines is 1. The molecule has 0 bridgehead atoms. The number of rotatable bonds is 4. The Balaban J connectivity index is 1.63. The van der Waals surface area contributed by atoms with Crippen LogP contribution in [0.4, 0.5) is 5.69 Å². The van der Waals surface area contributed by atoms with Crippen molar-refractivity contribution in [2.75, 3.05) is 11.4 Å². The Bertz CT molecular complexity index is 1020. The zero-order valence-electron chi connectivity index (χ0n) is 14.7. The van der Waals surface area contributed by atoms with Gasteiger partial charge in [0.05, 0.1) is 0 Å². The number of nitrogens with one attached hydrogen (secondary N) is 1. The normalized spacial score (nSPS) is 16.9. The van der Waals surface area contributed by atoms with Crippen molar-refractivity contribution in [3.05, 3.63) is 107 Å². The lowest BCUT2D eigenvalue weighted by Crippen LogP contribution is -2.29. The Morgan fingerprint density at radius 2 is 1.56 bits per heavy atom. The maximum atomic E-state index is 4.32. The van der Waals surface area contributed by atoms with Gasteiger partial charge in [-0.05, 0) is 22.8 Å². The van der Waals surface area contributed by atoms with E-state index in [1.807, 2.05) is 6.07 Å². The average molecular weight is 353 g/mol. The van der Waals surface area contributed by atoms with Gasteiger partial charge in [-0.2, -0.15) is 5.21 Å². The highest BCUT2D eigenvalue weighted by molar-refractivity contribution is 5.65. The Morgan fingerprint density at radius 3 is 2.30 bits per heavy atom. The Hall–Kier alpha value is -3.47. The third-order valence-corrected chi connectivity index (χ3v) is 5.24. The predicted octanol–water partition coefficient (Wildman–Crippen LogP) is 3.94. The summed E-state index contributed by atoms with van der Waals surface area (Å²) in [5.74, 6) is 1.00. The van der Waals surface area contributed by atoms with E-state index in [9.17, 15) is 0 Å². The second-order valence-electron chi connectivity index (χ2n) is 6.76. The summed E-state index contributed by atoms with van der Waals surface area (Å²) >= 11 is 0. The molecule has 1 N–H and O–H groups in total. The van der Waals surface area contributed by atoms with Crippen molar-refractivity contribution in [2.45, 2.75) is 12.0 Å². The fraction of sp³-hybridized carbons (Fsp3) is 0.136. The van der Waals surface area contributed by atoms with Crippen LogP contribution in [0, 0.1) is 0 Å². The molecule has 0 radical (unpaired) electrons. The monoisotopic (exact) mass is 353 g/mol. The highest BCUT2D eigenvalue weighted by Gasteiger charge is 2.36. The summed E-state index contributed by atoms with van der Waals surface area (Å²) in [6, 6.07) is 29.6. The standard InChI is InChI=1S/C22H19N5/c1-3-9-16(10-4-1)19-15-27(20-14-8-7-13-18(19)20)21(22-23-25-26-24-22)17-11-5-2-6-12-17/h1-14,19,21H,15H2,(H,23,24,25,26). The molecule has 0 amide bonds. The Labute approximate surface area is 157 Å². The predicted molar refractivity (Wildman–Crippen MR) is 105 cm³/mol. The number of nitrogens with zero attached hydrogens (tertiary/aromatic N) is 4. The maximum Gasteiger partial charge on any atom is 0.201 e. The first kappa shape index (κ1) is 15.8. The molecule has 3 aromatic carbocycles. The van der Waals surface area contributed by atoms with Crippen LogP contribution < -0.4 is 4.90 Å². The van der Waals surface area contributed by atoms with Gasteiger partial charge in [-0.15, -0.1) is 10.2 Å². The third-order valence-electron chi connectivity index (χ3n) is 5.24. The summed E-state index contributed by atoms with van der Waals surface area (Å²) in [6.07, 6.45) is 0. The van der Waals surface area contributed by atoms with E-state index in [4.69, 9.17) is 0 Å². The molecule has 4 aromatic rings. The van der Waals surface area contributed by atoms with Gasteiger partial charge in [0.25, 0.3) is 0 Å². The fourth-order valence-electron chi connectivity index (χ4n) is 4.04. The van der Waals surface area contributed by atoms with Gasteiger partial charge in [-0.1, -0.05) is 84.1 Å². The van der Waals surface area contributed by atoms with E-state index in [0.29, 0.717) is 11.7 Å². The van der Waals surface area contributed by atoms with Gasteiger partial charge in [0, 0.05) is 18.2 Å². The molecule has 0 aliphatic carbocycles. The minimum absolute atomic E-state index is 0.0835. The van der Waals surface area contributed by atoms with Crippen molar-refractivity contribution in [1.82, 2.24) is 20.6 Å². The highest BCUT2D eigenvalue weighted by Crippen LogP contribution is 2.44. The molecule has 5 nitrogen and oxygen atoms in total. The van der Waals surface area contributed by atoms with E-state index in [0.717, 1.165) is 12.1 Å². The van der Waals surface area contributed by atoms with E-state index in [1.54, 1.807) is 0 Å². The summed E-state index contributed by atoms with van der Waals surface area (Å²) in [4.78, 5) is 2.40. The Morgan fingerprint density at radius 1 is 0.852 bits per heavy atom. The minimum Gasteiger partial charge on any atom is -0.356 e. The molecule has 27 heavy (non-hydrogen) atoms. The van der Waals surface area contributed by atoms with Crippen molar-refractivity contribution >= 4 is 5.69 Å². The first-order valence-electron chi connectivity index (χ1n) is 9.10. The zero-order chi connectivity index (χ0) is 18.1. The lowest BCUT2D eigenvalue weighted by molar-refractivity contribution is 0.667. The van der Waals surface area contributed by atoms with Crippen molar-refractivity contribution in [1.29, 1.82) is 0 Å². The fourth-order valence-corrected chi connectivity index (χ4v) is 4.04. The number of tetrazole rings is 1. The lowest BCUT2D eigenvalue weighted by Gasteiger charge is -2.29. The third kappa shape index (κ3) is 2.77. The van der Waals surface area contributed by atoms with Crippen molar-refractivity contribution < 1.29 is 0 Å². The van der Waals surface area contributed by atoms with Crippen LogP contribution >= 0.6 is 0 Å². The molecule has 1 aliphatic rings. The lowest BCUT2D eigenvalue weighted by atomic mass is 9.93. The molecule has 2 heterocycles. The summed E-state index contributed by atoms with van der Waals surface area (Å²) in [7, 11) is 0. The van der Waals surface area contributed by atoms with Gasteiger partial charge in [-0.25, -0.2) is 0 Å². The molecule has 1 aromatic heterocycles. The second kappa shape index (κ2) is 6.68. The number of aromatic amines is 1. The first-order valence-corrected chi connectivity index (χ1v) is 9.10. The molecular formula is C22H19N5. The molecule has 5 heteroatoms. The van der Waals surface area contributed by atoms with E-state index in [2.05, 4.69) is 104 Å². The van der Waals surface area contributed by atoms with Crippen LogP contribution in [0.15, 0.2) is 84.9 Å². The van der Waals surface area contributed by atoms with Crippen LogP contribution in [0.2, 0.25) is 0 Å². The molecular weight excluding hydrogens is 334 g/mol. The van der Waals surface area contributed by atoms with Crippen LogP contribution in [-0.4, -0.2) is 27.2 Å². The van der Waals surface area contributed by atoms with Gasteiger partial charge in [0.1, 0.15) is 6.04 Å². The summed E-state index contributed by atoms with van der Waals surface area (Å²) in [5.41, 5.74) is 5.05. The highest BCUT2D eigenvalue weighted by atomic mass is 15.5. The molecule has 2 atom stereocenters. The molecule has 2 unspecified atom stereocenters. The topological polar surface area (TPSA) is 57.7 Å². The SMILES string of the molecule is c1ccc(C2CN(C(c3ccccc3)c3nn[nH]n3)c3ccccc32)cc1. The number of H-pyrrole nitrogens is 1. The van der Waals surface area contributed by atoms with Crippen LogP contribution in [0.25, 0.3) is 0 Å². The molecule has 1 aliphatic heterocycles. The number of aromatic nitrogens is 4. The Kier molecular flexibility index (Phi) is 3.90. The van der Waals surface area contributed by atoms with Crippen molar-refractivity contribution in [2.24, 2.45) is 0 Å².